The first-order valence-corrected chi connectivity index (χ1v) is 9.65. The third kappa shape index (κ3) is 4.04. The van der Waals surface area contributed by atoms with Gasteiger partial charge in [0.15, 0.2) is 11.5 Å². The van der Waals surface area contributed by atoms with Crippen molar-refractivity contribution in [1.82, 2.24) is 9.97 Å². The van der Waals surface area contributed by atoms with Crippen LogP contribution >= 0.6 is 0 Å². The van der Waals surface area contributed by atoms with Gasteiger partial charge in [-0.15, -0.1) is 0 Å². The molecular formula is C19H18F6N4O2. The predicted molar refractivity (Wildman–Crippen MR) is 96.5 cm³/mol. The molecule has 1 aliphatic carbocycles. The molecule has 0 unspecified atom stereocenters. The number of halogens is 6. The van der Waals surface area contributed by atoms with Crippen LogP contribution in [0.15, 0.2) is 28.5 Å². The van der Waals surface area contributed by atoms with Crippen molar-refractivity contribution in [3.63, 3.8) is 0 Å². The summed E-state index contributed by atoms with van der Waals surface area (Å²) < 4.78 is 78.8. The molecule has 0 radical (unpaired) electrons. The third-order valence-corrected chi connectivity index (χ3v) is 5.93. The third-order valence-electron chi connectivity index (χ3n) is 5.93. The number of piperidine rings is 1. The van der Waals surface area contributed by atoms with E-state index >= 15 is 0 Å². The molecule has 0 spiro atoms. The van der Waals surface area contributed by atoms with Gasteiger partial charge >= 0.3 is 12.4 Å². The minimum atomic E-state index is -4.78. The monoisotopic (exact) mass is 448 g/mol. The van der Waals surface area contributed by atoms with Gasteiger partial charge in [-0.2, -0.15) is 26.3 Å². The molecule has 1 saturated heterocycles. The van der Waals surface area contributed by atoms with Crippen LogP contribution in [0.5, 0.6) is 0 Å². The van der Waals surface area contributed by atoms with Gasteiger partial charge in [-0.1, -0.05) is 0 Å². The molecule has 0 saturated carbocycles. The van der Waals surface area contributed by atoms with Crippen LogP contribution < -0.4 is 4.90 Å². The lowest BCUT2D eigenvalue weighted by molar-refractivity contribution is -0.190. The standard InChI is InChI=1S/C19H18F6N4O2/c20-18(21,22)12-7-27-13(8-26-12)29-3-1-9(2-4-29)16-14-10(6-28-16)5-11(30)17(31)15(14)19(23,24)25/h7-9,15,17,31H,1-6H2/t15-,17-/m1/s1. The number of carbonyl (C=O) groups excluding carboxylic acids is 1. The zero-order valence-corrected chi connectivity index (χ0v) is 16.0. The number of ketones is 1. The first-order chi connectivity index (χ1) is 14.5. The van der Waals surface area contributed by atoms with Crippen molar-refractivity contribution in [2.75, 3.05) is 24.5 Å². The van der Waals surface area contributed by atoms with E-state index in [2.05, 4.69) is 15.0 Å². The van der Waals surface area contributed by atoms with Crippen molar-refractivity contribution in [3.05, 3.63) is 29.2 Å². The SMILES string of the molecule is O=C1CC2=C(C(C3CCN(c4cnc(C(F)(F)F)cn4)CC3)=NC2)[C@@H](C(F)(F)F)[C@@H]1O. The van der Waals surface area contributed by atoms with Crippen molar-refractivity contribution in [1.29, 1.82) is 0 Å². The van der Waals surface area contributed by atoms with E-state index in [4.69, 9.17) is 0 Å². The second kappa shape index (κ2) is 7.57. The number of aliphatic imine (C=N–C) groups is 1. The number of rotatable bonds is 2. The van der Waals surface area contributed by atoms with Crippen LogP contribution in [0.25, 0.3) is 0 Å². The topological polar surface area (TPSA) is 78.7 Å². The van der Waals surface area contributed by atoms with E-state index in [-0.39, 0.29) is 36.0 Å². The van der Waals surface area contributed by atoms with Gasteiger partial charge in [0.2, 0.25) is 0 Å². The summed E-state index contributed by atoms with van der Waals surface area (Å²) in [6.45, 7) is 0.718. The number of aliphatic hydroxyl groups excluding tert-OH is 1. The molecule has 2 aliphatic heterocycles. The van der Waals surface area contributed by atoms with Crippen molar-refractivity contribution in [3.8, 4) is 0 Å². The Morgan fingerprint density at radius 3 is 2.26 bits per heavy atom. The molecule has 0 amide bonds. The number of carbonyl (C=O) groups is 1. The summed E-state index contributed by atoms with van der Waals surface area (Å²) >= 11 is 0. The molecule has 3 aliphatic rings. The number of nitrogens with zero attached hydrogens (tertiary/aromatic N) is 4. The van der Waals surface area contributed by atoms with E-state index in [9.17, 15) is 36.2 Å². The number of hydrogen-bond acceptors (Lipinski definition) is 6. The molecule has 0 aromatic carbocycles. The highest BCUT2D eigenvalue weighted by atomic mass is 19.4. The fraction of sp³-hybridized carbons (Fsp3) is 0.579. The lowest BCUT2D eigenvalue weighted by atomic mass is 9.74. The van der Waals surface area contributed by atoms with Crippen LogP contribution in [0.1, 0.15) is 25.0 Å². The zero-order chi connectivity index (χ0) is 22.6. The van der Waals surface area contributed by atoms with Gasteiger partial charge in [-0.25, -0.2) is 9.97 Å². The van der Waals surface area contributed by atoms with Gasteiger partial charge in [0.1, 0.15) is 17.8 Å². The van der Waals surface area contributed by atoms with E-state index in [1.54, 1.807) is 4.90 Å². The van der Waals surface area contributed by atoms with Crippen LogP contribution in [0.4, 0.5) is 32.2 Å². The lowest BCUT2D eigenvalue weighted by Gasteiger charge is -2.36. The van der Waals surface area contributed by atoms with Crippen LogP contribution in [0.3, 0.4) is 0 Å². The van der Waals surface area contributed by atoms with E-state index in [1.165, 1.54) is 0 Å². The highest BCUT2D eigenvalue weighted by Crippen LogP contribution is 2.45. The average molecular weight is 448 g/mol. The Kier molecular flexibility index (Phi) is 5.31. The summed E-state index contributed by atoms with van der Waals surface area (Å²) in [5.74, 6) is -3.18. The van der Waals surface area contributed by atoms with Gasteiger partial charge in [0.25, 0.3) is 0 Å². The Morgan fingerprint density at radius 2 is 1.71 bits per heavy atom. The number of hydrogen-bond donors (Lipinski definition) is 1. The van der Waals surface area contributed by atoms with Crippen molar-refractivity contribution in [2.24, 2.45) is 16.8 Å². The summed E-state index contributed by atoms with van der Waals surface area (Å²) in [6, 6.07) is 0. The normalized spacial score (nSPS) is 25.7. The molecule has 6 nitrogen and oxygen atoms in total. The van der Waals surface area contributed by atoms with Gasteiger partial charge in [0.05, 0.1) is 18.9 Å². The first kappa shape index (κ1) is 21.7. The minimum Gasteiger partial charge on any atom is -0.384 e. The summed E-state index contributed by atoms with van der Waals surface area (Å²) in [4.78, 5) is 25.0. The van der Waals surface area contributed by atoms with Gasteiger partial charge in [-0.3, -0.25) is 9.79 Å². The maximum absolute atomic E-state index is 13.6. The molecule has 31 heavy (non-hydrogen) atoms. The Bertz CT molecular complexity index is 930. The van der Waals surface area contributed by atoms with Gasteiger partial charge < -0.3 is 10.0 Å². The number of aliphatic hydroxyl groups is 1. The van der Waals surface area contributed by atoms with Crippen molar-refractivity contribution < 1.29 is 36.2 Å². The van der Waals surface area contributed by atoms with Crippen molar-refractivity contribution >= 4 is 17.3 Å². The predicted octanol–water partition coefficient (Wildman–Crippen LogP) is 2.98. The van der Waals surface area contributed by atoms with Gasteiger partial charge in [-0.05, 0) is 24.0 Å². The molecule has 1 N–H and O–H groups in total. The largest absolute Gasteiger partial charge is 0.434 e. The maximum Gasteiger partial charge on any atom is 0.434 e. The van der Waals surface area contributed by atoms with E-state index in [1.807, 2.05) is 0 Å². The van der Waals surface area contributed by atoms with E-state index in [0.29, 0.717) is 37.7 Å². The van der Waals surface area contributed by atoms with Crippen LogP contribution in [0, 0.1) is 11.8 Å². The zero-order valence-electron chi connectivity index (χ0n) is 16.0. The molecule has 1 aromatic heterocycles. The Hall–Kier alpha value is -2.50. The number of aromatic nitrogens is 2. The molecule has 2 atom stereocenters. The smallest absolute Gasteiger partial charge is 0.384 e. The average Bonchev–Trinajstić information content (AvgIpc) is 3.10. The highest BCUT2D eigenvalue weighted by molar-refractivity contribution is 6.08. The first-order valence-electron chi connectivity index (χ1n) is 9.65. The lowest BCUT2D eigenvalue weighted by Crippen LogP contribution is -2.46. The number of anilines is 1. The molecule has 4 rings (SSSR count). The quantitative estimate of drug-likeness (QED) is 0.704. The van der Waals surface area contributed by atoms with E-state index in [0.717, 1.165) is 6.20 Å². The summed E-state index contributed by atoms with van der Waals surface area (Å²) in [7, 11) is 0. The second-order valence-electron chi connectivity index (χ2n) is 7.84. The van der Waals surface area contributed by atoms with Crippen molar-refractivity contribution in [2.45, 2.75) is 37.7 Å². The Labute approximate surface area is 172 Å². The molecule has 1 fully saturated rings. The summed E-state index contributed by atoms with van der Waals surface area (Å²) in [5, 5.41) is 9.94. The van der Waals surface area contributed by atoms with Crippen LogP contribution in [-0.2, 0) is 11.0 Å². The molecule has 12 heteroatoms. The van der Waals surface area contributed by atoms with Crippen LogP contribution in [-0.4, -0.2) is 58.5 Å². The van der Waals surface area contributed by atoms with Gasteiger partial charge in [0, 0.05) is 31.1 Å². The Balaban J connectivity index is 1.48. The highest BCUT2D eigenvalue weighted by Gasteiger charge is 2.54. The minimum absolute atomic E-state index is 0.0142. The second-order valence-corrected chi connectivity index (χ2v) is 7.84. The summed E-state index contributed by atoms with van der Waals surface area (Å²) in [6.07, 6.45) is -9.25. The number of alkyl halides is 6. The maximum atomic E-state index is 13.6. The summed E-state index contributed by atoms with van der Waals surface area (Å²) in [5.41, 5.74) is -0.576. The molecule has 0 bridgehead atoms. The fourth-order valence-electron chi connectivity index (χ4n) is 4.43. The Morgan fingerprint density at radius 1 is 1.03 bits per heavy atom. The molecule has 1 aromatic rings. The van der Waals surface area contributed by atoms with Crippen LogP contribution in [0.2, 0.25) is 0 Å². The molecule has 168 valence electrons. The number of Topliss-reactive ketones (excluding diaryl/α,β-unsaturated/α-hetero) is 1. The molecule has 3 heterocycles. The molecular weight excluding hydrogens is 430 g/mol. The van der Waals surface area contributed by atoms with E-state index < -0.39 is 35.9 Å². The fourth-order valence-corrected chi connectivity index (χ4v) is 4.43.